The standard InChI is InChI=1S/C25H31Cl3N4O3/c1-2-35-25(34)32-11-8-22(9-12-32)29-10-7-18(17-3-5-19(26)6-4-17)16-30-24(33)31-23-14-20(27)13-21(28)15-23/h3-6,13-15,18,22,29H,2,7-12,16H2,1H3,(H2,30,31,33). The number of piperidine rings is 1. The van der Waals surface area contributed by atoms with E-state index in [1.165, 1.54) is 0 Å². The topological polar surface area (TPSA) is 82.7 Å². The molecule has 1 heterocycles. The lowest BCUT2D eigenvalue weighted by atomic mass is 9.95. The number of amides is 3. The molecule has 2 aromatic rings. The third kappa shape index (κ3) is 9.08. The zero-order valence-corrected chi connectivity index (χ0v) is 21.9. The van der Waals surface area contributed by atoms with E-state index in [0.717, 1.165) is 31.4 Å². The first-order valence-electron chi connectivity index (χ1n) is 11.8. The highest BCUT2D eigenvalue weighted by molar-refractivity contribution is 6.35. The summed E-state index contributed by atoms with van der Waals surface area (Å²) in [4.78, 5) is 26.1. The number of anilines is 1. The molecule has 190 valence electrons. The maximum Gasteiger partial charge on any atom is 0.409 e. The molecule has 0 aromatic heterocycles. The number of rotatable bonds is 9. The summed E-state index contributed by atoms with van der Waals surface area (Å²) in [5.74, 6) is 0.0908. The molecule has 1 saturated heterocycles. The molecule has 1 aliphatic rings. The molecule has 3 amide bonds. The molecule has 0 radical (unpaired) electrons. The number of carbonyl (C=O) groups excluding carboxylic acids is 2. The first kappa shape index (κ1) is 27.4. The summed E-state index contributed by atoms with van der Waals surface area (Å²) in [6, 6.07) is 12.6. The van der Waals surface area contributed by atoms with Gasteiger partial charge < -0.3 is 25.6 Å². The van der Waals surface area contributed by atoms with E-state index in [9.17, 15) is 9.59 Å². The Labute approximate surface area is 221 Å². The quantitative estimate of drug-likeness (QED) is 0.355. The van der Waals surface area contributed by atoms with Crippen molar-refractivity contribution < 1.29 is 14.3 Å². The van der Waals surface area contributed by atoms with Crippen molar-refractivity contribution in [2.45, 2.75) is 38.1 Å². The predicted molar refractivity (Wildman–Crippen MR) is 142 cm³/mol. The minimum absolute atomic E-state index is 0.0908. The lowest BCUT2D eigenvalue weighted by Gasteiger charge is -2.32. The monoisotopic (exact) mass is 540 g/mol. The maximum atomic E-state index is 12.5. The Morgan fingerprint density at radius 3 is 2.31 bits per heavy atom. The van der Waals surface area contributed by atoms with Crippen LogP contribution in [-0.4, -0.2) is 55.9 Å². The Morgan fingerprint density at radius 1 is 1.03 bits per heavy atom. The largest absolute Gasteiger partial charge is 0.450 e. The smallest absolute Gasteiger partial charge is 0.409 e. The van der Waals surface area contributed by atoms with Crippen LogP contribution in [0.25, 0.3) is 0 Å². The number of urea groups is 1. The maximum absolute atomic E-state index is 12.5. The van der Waals surface area contributed by atoms with Crippen molar-refractivity contribution in [3.63, 3.8) is 0 Å². The number of hydrogen-bond acceptors (Lipinski definition) is 4. The van der Waals surface area contributed by atoms with Gasteiger partial charge >= 0.3 is 12.1 Å². The molecule has 3 rings (SSSR count). The summed E-state index contributed by atoms with van der Waals surface area (Å²) in [6.07, 6.45) is 2.35. The molecule has 7 nitrogen and oxygen atoms in total. The molecule has 0 aliphatic carbocycles. The predicted octanol–water partition coefficient (Wildman–Crippen LogP) is 6.15. The molecule has 1 atom stereocenters. The van der Waals surface area contributed by atoms with Crippen molar-refractivity contribution in [3.05, 3.63) is 63.1 Å². The van der Waals surface area contributed by atoms with E-state index < -0.39 is 0 Å². The number of nitrogens with zero attached hydrogens (tertiary/aromatic N) is 1. The molecule has 1 fully saturated rings. The van der Waals surface area contributed by atoms with Crippen LogP contribution >= 0.6 is 34.8 Å². The zero-order chi connectivity index (χ0) is 25.2. The number of halogens is 3. The Morgan fingerprint density at radius 2 is 1.69 bits per heavy atom. The van der Waals surface area contributed by atoms with Gasteiger partial charge in [0.15, 0.2) is 0 Å². The molecule has 1 aliphatic heterocycles. The number of carbonyl (C=O) groups is 2. The number of likely N-dealkylation sites (tertiary alicyclic amines) is 1. The van der Waals surface area contributed by atoms with Gasteiger partial charge in [-0.3, -0.25) is 0 Å². The van der Waals surface area contributed by atoms with Crippen molar-refractivity contribution in [1.82, 2.24) is 15.5 Å². The van der Waals surface area contributed by atoms with Gasteiger partial charge in [-0.2, -0.15) is 0 Å². The Kier molecular flexibility index (Phi) is 10.8. The SMILES string of the molecule is CCOC(=O)N1CCC(NCCC(CNC(=O)Nc2cc(Cl)cc(Cl)c2)c2ccc(Cl)cc2)CC1. The first-order valence-corrected chi connectivity index (χ1v) is 12.9. The van der Waals surface area contributed by atoms with Gasteiger partial charge in [-0.25, -0.2) is 9.59 Å². The van der Waals surface area contributed by atoms with Crippen LogP contribution in [-0.2, 0) is 4.74 Å². The van der Waals surface area contributed by atoms with Crippen LogP contribution in [0.5, 0.6) is 0 Å². The van der Waals surface area contributed by atoms with Crippen LogP contribution in [0.2, 0.25) is 15.1 Å². The second kappa shape index (κ2) is 13.8. The van der Waals surface area contributed by atoms with Crippen LogP contribution in [0.4, 0.5) is 15.3 Å². The van der Waals surface area contributed by atoms with Crippen LogP contribution in [0.15, 0.2) is 42.5 Å². The Balaban J connectivity index is 1.50. The van der Waals surface area contributed by atoms with Crippen molar-refractivity contribution in [3.8, 4) is 0 Å². The molecule has 35 heavy (non-hydrogen) atoms. The minimum atomic E-state index is -0.332. The summed E-state index contributed by atoms with van der Waals surface area (Å²) in [5.41, 5.74) is 1.62. The third-order valence-electron chi connectivity index (χ3n) is 5.92. The fourth-order valence-electron chi connectivity index (χ4n) is 4.08. The number of ether oxygens (including phenoxy) is 1. The number of hydrogen-bond donors (Lipinski definition) is 3. The van der Waals surface area contributed by atoms with Crippen molar-refractivity contribution >= 4 is 52.6 Å². The highest BCUT2D eigenvalue weighted by atomic mass is 35.5. The molecule has 0 saturated carbocycles. The molecule has 0 bridgehead atoms. The molecular formula is C25H31Cl3N4O3. The summed E-state index contributed by atoms with van der Waals surface area (Å²) in [6.45, 7) is 4.81. The van der Waals surface area contributed by atoms with E-state index in [2.05, 4.69) is 16.0 Å². The fourth-order valence-corrected chi connectivity index (χ4v) is 4.73. The Bertz CT molecular complexity index is 962. The van der Waals surface area contributed by atoms with E-state index in [1.807, 2.05) is 31.2 Å². The van der Waals surface area contributed by atoms with Crippen LogP contribution in [0.3, 0.4) is 0 Å². The van der Waals surface area contributed by atoms with E-state index >= 15 is 0 Å². The summed E-state index contributed by atoms with van der Waals surface area (Å²) < 4.78 is 5.09. The van der Waals surface area contributed by atoms with E-state index in [4.69, 9.17) is 39.5 Å². The highest BCUT2D eigenvalue weighted by Crippen LogP contribution is 2.23. The number of benzene rings is 2. The van der Waals surface area contributed by atoms with Gasteiger partial charge in [0.1, 0.15) is 0 Å². The van der Waals surface area contributed by atoms with Gasteiger partial charge in [0, 0.05) is 52.3 Å². The lowest BCUT2D eigenvalue weighted by Crippen LogP contribution is -2.45. The minimum Gasteiger partial charge on any atom is -0.450 e. The van der Waals surface area contributed by atoms with E-state index in [1.54, 1.807) is 23.1 Å². The first-order chi connectivity index (χ1) is 16.8. The van der Waals surface area contributed by atoms with Gasteiger partial charge in [0.25, 0.3) is 0 Å². The van der Waals surface area contributed by atoms with Crippen molar-refractivity contribution in [2.24, 2.45) is 0 Å². The van der Waals surface area contributed by atoms with Gasteiger partial charge in [0.2, 0.25) is 0 Å². The Hall–Kier alpha value is -2.19. The van der Waals surface area contributed by atoms with E-state index in [-0.39, 0.29) is 18.0 Å². The van der Waals surface area contributed by atoms with Crippen LogP contribution < -0.4 is 16.0 Å². The van der Waals surface area contributed by atoms with Crippen molar-refractivity contribution in [2.75, 3.05) is 38.1 Å². The van der Waals surface area contributed by atoms with Crippen molar-refractivity contribution in [1.29, 1.82) is 0 Å². The molecule has 3 N–H and O–H groups in total. The highest BCUT2D eigenvalue weighted by Gasteiger charge is 2.23. The number of nitrogens with one attached hydrogen (secondary N) is 3. The van der Waals surface area contributed by atoms with Gasteiger partial charge in [-0.1, -0.05) is 46.9 Å². The van der Waals surface area contributed by atoms with Gasteiger partial charge in [-0.05, 0) is 68.6 Å². The molecule has 2 aromatic carbocycles. The second-order valence-electron chi connectivity index (χ2n) is 8.44. The summed E-state index contributed by atoms with van der Waals surface area (Å²) in [5, 5.41) is 10.9. The molecule has 10 heteroatoms. The zero-order valence-electron chi connectivity index (χ0n) is 19.7. The summed E-state index contributed by atoms with van der Waals surface area (Å²) in [7, 11) is 0. The lowest BCUT2D eigenvalue weighted by molar-refractivity contribution is 0.0951. The molecular weight excluding hydrogens is 511 g/mol. The fraction of sp³-hybridized carbons (Fsp3) is 0.440. The summed E-state index contributed by atoms with van der Waals surface area (Å²) >= 11 is 18.1. The van der Waals surface area contributed by atoms with Gasteiger partial charge in [0.05, 0.1) is 6.61 Å². The van der Waals surface area contributed by atoms with Crippen LogP contribution in [0.1, 0.15) is 37.7 Å². The third-order valence-corrected chi connectivity index (χ3v) is 6.61. The molecule has 0 spiro atoms. The second-order valence-corrected chi connectivity index (χ2v) is 9.75. The van der Waals surface area contributed by atoms with Gasteiger partial charge in [-0.15, -0.1) is 0 Å². The molecule has 1 unspecified atom stereocenters. The van der Waals surface area contributed by atoms with Crippen LogP contribution in [0, 0.1) is 0 Å². The van der Waals surface area contributed by atoms with E-state index in [0.29, 0.717) is 53.0 Å². The normalized spacial score (nSPS) is 14.9. The average Bonchev–Trinajstić information content (AvgIpc) is 2.82. The average molecular weight is 542 g/mol.